The van der Waals surface area contributed by atoms with Gasteiger partial charge in [0, 0.05) is 70.0 Å². The lowest BCUT2D eigenvalue weighted by Gasteiger charge is -2.45. The number of benzene rings is 7. The van der Waals surface area contributed by atoms with E-state index in [1.54, 1.807) is 0 Å². The van der Waals surface area contributed by atoms with Gasteiger partial charge < -0.3 is 19.6 Å². The number of fused-ring (bicyclic) bond motifs is 5. The fourth-order valence-corrected chi connectivity index (χ4v) is 10.6. The van der Waals surface area contributed by atoms with Gasteiger partial charge >= 0.3 is 0 Å². The van der Waals surface area contributed by atoms with Crippen LogP contribution in [0.2, 0.25) is 0 Å². The zero-order chi connectivity index (χ0) is 49.7. The van der Waals surface area contributed by atoms with Crippen molar-refractivity contribution in [1.82, 2.24) is 10.3 Å². The van der Waals surface area contributed by atoms with E-state index in [0.29, 0.717) is 0 Å². The van der Waals surface area contributed by atoms with Gasteiger partial charge in [0.1, 0.15) is 11.0 Å². The van der Waals surface area contributed by atoms with Crippen molar-refractivity contribution in [3.05, 3.63) is 162 Å². The average molecular weight is 925 g/mol. The molecule has 0 saturated heterocycles. The molecule has 0 atom stereocenters. The van der Waals surface area contributed by atoms with E-state index in [-0.39, 0.29) is 28.4 Å². The molecule has 8 aromatic rings. The first-order valence-electron chi connectivity index (χ1n) is 25.3. The van der Waals surface area contributed by atoms with Crippen molar-refractivity contribution in [3.8, 4) is 0 Å². The van der Waals surface area contributed by atoms with Crippen molar-refractivity contribution in [2.24, 2.45) is 0 Å². The van der Waals surface area contributed by atoms with Crippen LogP contribution in [0.25, 0.3) is 11.0 Å². The highest BCUT2D eigenvalue weighted by molar-refractivity contribution is 7.00. The van der Waals surface area contributed by atoms with E-state index in [4.69, 9.17) is 4.63 Å². The molecule has 0 aliphatic carbocycles. The summed E-state index contributed by atoms with van der Waals surface area (Å²) in [4.78, 5) is 9.90. The first kappa shape index (κ1) is 46.9. The van der Waals surface area contributed by atoms with E-state index in [1.807, 2.05) is 0 Å². The zero-order valence-electron chi connectivity index (χ0n) is 43.9. The summed E-state index contributed by atoms with van der Waals surface area (Å²) in [5.41, 5.74) is 21.6. The number of nitrogens with zero attached hydrogens (tertiary/aromatic N) is 6. The van der Waals surface area contributed by atoms with Crippen molar-refractivity contribution in [2.75, 3.05) is 32.7 Å². The number of hydrogen-bond donors (Lipinski definition) is 0. The highest BCUT2D eigenvalue weighted by Gasteiger charge is 2.45. The molecule has 3 heterocycles. The van der Waals surface area contributed by atoms with Crippen molar-refractivity contribution in [3.63, 3.8) is 0 Å². The highest BCUT2D eigenvalue weighted by Crippen LogP contribution is 2.48. The maximum absolute atomic E-state index is 5.46. The Morgan fingerprint density at radius 1 is 0.414 bits per heavy atom. The fourth-order valence-electron chi connectivity index (χ4n) is 10.6. The van der Waals surface area contributed by atoms with Crippen LogP contribution in [-0.2, 0) is 21.7 Å². The summed E-state index contributed by atoms with van der Waals surface area (Å²) in [5, 5.41) is 8.88. The standard InChI is InChI=1S/C62H69BN6O/c1-15-66(16-2)49-36-56-58-57(37-49)69(47-31-23-43(24-32-47)62(12,13)14)55-39-53-52(64-70-65-53)38-51(55)63(58)50-34-33-48(35-54(50)68(56)46-29-21-42(22-30-46)61(9,10)11)67(44-25-17-40(18-26-44)59(3,4)5)45-27-19-41(20-28-45)60(6,7)8/h17-39H,15-16H2,1-14H3. The Labute approximate surface area is 417 Å². The van der Waals surface area contributed by atoms with Gasteiger partial charge in [-0.15, -0.1) is 0 Å². The van der Waals surface area contributed by atoms with E-state index in [2.05, 4.69) is 266 Å². The Balaban J connectivity index is 1.28. The molecular formula is C62H69BN6O. The number of aromatic nitrogens is 2. The van der Waals surface area contributed by atoms with Gasteiger partial charge in [-0.25, -0.2) is 4.63 Å². The van der Waals surface area contributed by atoms with Gasteiger partial charge in [0.05, 0.1) is 0 Å². The molecule has 0 radical (unpaired) electrons. The number of anilines is 10. The molecule has 10 rings (SSSR count). The van der Waals surface area contributed by atoms with Gasteiger partial charge in [0.2, 0.25) is 0 Å². The lowest BCUT2D eigenvalue weighted by Crippen LogP contribution is -2.61. The molecule has 0 bridgehead atoms. The Morgan fingerprint density at radius 3 is 1.20 bits per heavy atom. The maximum Gasteiger partial charge on any atom is 0.252 e. The topological polar surface area (TPSA) is 51.9 Å². The molecule has 2 aliphatic rings. The monoisotopic (exact) mass is 925 g/mol. The smallest absolute Gasteiger partial charge is 0.252 e. The van der Waals surface area contributed by atoms with Gasteiger partial charge in [-0.2, -0.15) is 0 Å². The van der Waals surface area contributed by atoms with Crippen LogP contribution in [-0.4, -0.2) is 30.1 Å². The highest BCUT2D eigenvalue weighted by atomic mass is 16.6. The van der Waals surface area contributed by atoms with Crippen LogP contribution in [0.3, 0.4) is 0 Å². The molecule has 2 aliphatic heterocycles. The fraction of sp³-hybridized carbons (Fsp3) is 0.323. The van der Waals surface area contributed by atoms with Crippen LogP contribution in [0.5, 0.6) is 0 Å². The minimum atomic E-state index is -0.128. The van der Waals surface area contributed by atoms with Crippen LogP contribution in [0.1, 0.15) is 119 Å². The molecule has 0 fully saturated rings. The third-order valence-electron chi connectivity index (χ3n) is 14.8. The van der Waals surface area contributed by atoms with Crippen LogP contribution < -0.4 is 36.0 Å². The summed E-state index contributed by atoms with van der Waals surface area (Å²) < 4.78 is 5.46. The molecule has 70 heavy (non-hydrogen) atoms. The molecule has 8 heteroatoms. The van der Waals surface area contributed by atoms with Crippen LogP contribution in [0.15, 0.2) is 144 Å². The zero-order valence-corrected chi connectivity index (χ0v) is 43.9. The van der Waals surface area contributed by atoms with E-state index < -0.39 is 0 Å². The number of hydrogen-bond acceptors (Lipinski definition) is 7. The molecule has 0 saturated carbocycles. The summed E-state index contributed by atoms with van der Waals surface area (Å²) in [6.45, 7) is 33.5. The molecule has 7 aromatic carbocycles. The van der Waals surface area contributed by atoms with E-state index in [0.717, 1.165) is 80.8 Å². The van der Waals surface area contributed by atoms with Crippen molar-refractivity contribution in [1.29, 1.82) is 0 Å². The first-order chi connectivity index (χ1) is 33.1. The Bertz CT molecular complexity index is 3160. The predicted octanol–water partition coefficient (Wildman–Crippen LogP) is 14.8. The average Bonchev–Trinajstić information content (AvgIpc) is 3.78. The van der Waals surface area contributed by atoms with E-state index >= 15 is 0 Å². The minimum absolute atomic E-state index is 0.00191. The SMILES string of the molecule is CCN(CC)c1cc2c3c(c1)N(c1ccc(C(C)(C)C)cc1)c1cc4nonc4cc1B3c1ccc(N(c3ccc(C(C)(C)C)cc3)c3ccc(C(C)(C)C)cc3)cc1N2c1ccc(C(C)(C)C)cc1. The van der Waals surface area contributed by atoms with Crippen LogP contribution in [0.4, 0.5) is 56.9 Å². The quantitative estimate of drug-likeness (QED) is 0.141. The minimum Gasteiger partial charge on any atom is -0.372 e. The third kappa shape index (κ3) is 8.23. The van der Waals surface area contributed by atoms with Crippen molar-refractivity contribution >= 4 is 91.0 Å². The number of rotatable bonds is 8. The molecular weight excluding hydrogens is 856 g/mol. The van der Waals surface area contributed by atoms with Gasteiger partial charge in [0.15, 0.2) is 0 Å². The molecule has 0 amide bonds. The Kier molecular flexibility index (Phi) is 11.4. The molecule has 0 spiro atoms. The van der Waals surface area contributed by atoms with Gasteiger partial charge in [-0.1, -0.05) is 138 Å². The summed E-state index contributed by atoms with van der Waals surface area (Å²) in [6.07, 6.45) is 0. The summed E-state index contributed by atoms with van der Waals surface area (Å²) in [7, 11) is 0. The molecule has 1 aromatic heterocycles. The second-order valence-electron chi connectivity index (χ2n) is 23.6. The lowest BCUT2D eigenvalue weighted by atomic mass is 9.33. The molecule has 0 N–H and O–H groups in total. The maximum atomic E-state index is 5.46. The second-order valence-corrected chi connectivity index (χ2v) is 23.6. The van der Waals surface area contributed by atoms with Crippen molar-refractivity contribution < 1.29 is 4.63 Å². The third-order valence-corrected chi connectivity index (χ3v) is 14.8. The Morgan fingerprint density at radius 2 is 0.786 bits per heavy atom. The summed E-state index contributed by atoms with van der Waals surface area (Å²) in [6, 6.07) is 53.2. The van der Waals surface area contributed by atoms with Gasteiger partial charge in [-0.3, -0.25) is 0 Å². The van der Waals surface area contributed by atoms with E-state index in [9.17, 15) is 0 Å². The second kappa shape index (κ2) is 17.0. The van der Waals surface area contributed by atoms with Crippen molar-refractivity contribution in [2.45, 2.75) is 119 Å². The predicted molar refractivity (Wildman–Crippen MR) is 299 cm³/mol. The largest absolute Gasteiger partial charge is 0.372 e. The lowest BCUT2D eigenvalue weighted by molar-refractivity contribution is 0.315. The first-order valence-corrected chi connectivity index (χ1v) is 25.3. The van der Waals surface area contributed by atoms with Crippen LogP contribution in [0, 0.1) is 0 Å². The normalized spacial score (nSPS) is 13.6. The summed E-state index contributed by atoms with van der Waals surface area (Å²) >= 11 is 0. The molecule has 356 valence electrons. The van der Waals surface area contributed by atoms with Crippen LogP contribution >= 0.6 is 0 Å². The molecule has 0 unspecified atom stereocenters. The van der Waals surface area contributed by atoms with Gasteiger partial charge in [0.25, 0.3) is 6.71 Å². The molecule has 7 nitrogen and oxygen atoms in total. The van der Waals surface area contributed by atoms with Gasteiger partial charge in [-0.05, 0) is 169 Å². The Hall–Kier alpha value is -6.80. The summed E-state index contributed by atoms with van der Waals surface area (Å²) in [5.74, 6) is 0. The van der Waals surface area contributed by atoms with E-state index in [1.165, 1.54) is 38.9 Å².